The van der Waals surface area contributed by atoms with Gasteiger partial charge >= 0.3 is 12.0 Å². The number of aromatic nitrogens is 2. The quantitative estimate of drug-likeness (QED) is 0.462. The molecule has 1 saturated carbocycles. The van der Waals surface area contributed by atoms with Crippen molar-refractivity contribution in [3.8, 4) is 0 Å². The number of urea groups is 1. The number of nitrogens with one attached hydrogen (secondary N) is 1. The zero-order valence-electron chi connectivity index (χ0n) is 18.9. The molecule has 0 aliphatic heterocycles. The highest BCUT2D eigenvalue weighted by molar-refractivity contribution is 8.03. The molecule has 2 N–H and O–H groups in total. The molecule has 2 aromatic heterocycles. The van der Waals surface area contributed by atoms with Crippen molar-refractivity contribution in [2.24, 2.45) is 5.92 Å². The Balaban J connectivity index is 1.63. The minimum atomic E-state index is -0.953. The third-order valence-electron chi connectivity index (χ3n) is 5.84. The number of aliphatic carboxylic acids is 1. The predicted octanol–water partition coefficient (Wildman–Crippen LogP) is 5.54. The number of thiazole rings is 1. The van der Waals surface area contributed by atoms with Gasteiger partial charge in [0.15, 0.2) is 5.13 Å². The van der Waals surface area contributed by atoms with Crippen LogP contribution in [0.25, 0.3) is 0 Å². The molecule has 0 saturated heterocycles. The standard InChI is InChI=1S/C23H32N4O3S2/c1-16-8-10-18(11-9-16)27(13-5-7-17-6-4-12-24-14-17)22(30)26-21-25-15-19(31-21)32-23(2,3)20(28)29/h4,6,12,14-16,18H,5,7-11,13H2,1-3H3,(H,28,29)(H,25,26,30). The van der Waals surface area contributed by atoms with Gasteiger partial charge in [-0.2, -0.15) is 0 Å². The van der Waals surface area contributed by atoms with Crippen LogP contribution >= 0.6 is 23.1 Å². The van der Waals surface area contributed by atoms with Crippen molar-refractivity contribution in [3.05, 3.63) is 36.3 Å². The van der Waals surface area contributed by atoms with Crippen molar-refractivity contribution in [1.29, 1.82) is 0 Å². The molecule has 0 aromatic carbocycles. The Hall–Kier alpha value is -2.13. The van der Waals surface area contributed by atoms with E-state index in [4.69, 9.17) is 0 Å². The van der Waals surface area contributed by atoms with Gasteiger partial charge in [0.1, 0.15) is 4.75 Å². The van der Waals surface area contributed by atoms with E-state index in [-0.39, 0.29) is 12.1 Å². The minimum absolute atomic E-state index is 0.126. The predicted molar refractivity (Wildman–Crippen MR) is 129 cm³/mol. The summed E-state index contributed by atoms with van der Waals surface area (Å²) in [5, 5.41) is 12.8. The number of thioether (sulfide) groups is 1. The molecule has 1 fully saturated rings. The summed E-state index contributed by atoms with van der Waals surface area (Å²) in [6.45, 7) is 6.27. The number of carboxylic acids is 1. The van der Waals surface area contributed by atoms with Gasteiger partial charge in [0.25, 0.3) is 0 Å². The number of hydrogen-bond donors (Lipinski definition) is 2. The van der Waals surface area contributed by atoms with E-state index in [1.54, 1.807) is 26.2 Å². The van der Waals surface area contributed by atoms with Gasteiger partial charge in [0, 0.05) is 25.0 Å². The highest BCUT2D eigenvalue weighted by atomic mass is 32.2. The number of amides is 2. The molecule has 0 bridgehead atoms. The molecular formula is C23H32N4O3S2. The van der Waals surface area contributed by atoms with E-state index in [0.29, 0.717) is 17.6 Å². The average molecular weight is 477 g/mol. The van der Waals surface area contributed by atoms with E-state index in [0.717, 1.165) is 42.7 Å². The van der Waals surface area contributed by atoms with Gasteiger partial charge in [-0.3, -0.25) is 15.1 Å². The molecule has 0 radical (unpaired) electrons. The van der Waals surface area contributed by atoms with E-state index < -0.39 is 10.7 Å². The number of anilines is 1. The second kappa shape index (κ2) is 11.1. The van der Waals surface area contributed by atoms with Crippen molar-refractivity contribution < 1.29 is 14.7 Å². The molecule has 2 amide bonds. The largest absolute Gasteiger partial charge is 0.480 e. The van der Waals surface area contributed by atoms with Crippen molar-refractivity contribution >= 4 is 40.2 Å². The smallest absolute Gasteiger partial charge is 0.323 e. The molecule has 2 heterocycles. The van der Waals surface area contributed by atoms with Gasteiger partial charge in [-0.25, -0.2) is 9.78 Å². The third kappa shape index (κ3) is 6.93. The third-order valence-corrected chi connectivity index (χ3v) is 8.04. The summed E-state index contributed by atoms with van der Waals surface area (Å²) >= 11 is 2.55. The summed E-state index contributed by atoms with van der Waals surface area (Å²) < 4.78 is -0.187. The number of pyridine rings is 1. The second-order valence-electron chi connectivity index (χ2n) is 8.90. The topological polar surface area (TPSA) is 95.4 Å². The molecule has 9 heteroatoms. The van der Waals surface area contributed by atoms with Crippen LogP contribution in [0.15, 0.2) is 34.9 Å². The van der Waals surface area contributed by atoms with Gasteiger partial charge in [-0.15, -0.1) is 0 Å². The molecule has 32 heavy (non-hydrogen) atoms. The zero-order valence-corrected chi connectivity index (χ0v) is 20.5. The van der Waals surface area contributed by atoms with Crippen molar-refractivity contribution in [2.45, 2.75) is 74.3 Å². The normalized spacial score (nSPS) is 18.8. The fraction of sp³-hybridized carbons (Fsp3) is 0.565. The van der Waals surface area contributed by atoms with Gasteiger partial charge in [0.2, 0.25) is 0 Å². The number of carbonyl (C=O) groups is 2. The fourth-order valence-corrected chi connectivity index (χ4v) is 6.09. The summed E-state index contributed by atoms with van der Waals surface area (Å²) in [5.74, 6) is -0.171. The van der Waals surface area contributed by atoms with Crippen LogP contribution in [-0.2, 0) is 11.2 Å². The van der Waals surface area contributed by atoms with Crippen LogP contribution in [0.5, 0.6) is 0 Å². The van der Waals surface area contributed by atoms with Crippen LogP contribution in [0, 0.1) is 5.92 Å². The number of rotatable bonds is 9. The molecule has 0 atom stereocenters. The SMILES string of the molecule is CC1CCC(N(CCCc2cccnc2)C(=O)Nc2ncc(SC(C)(C)C(=O)O)s2)CC1. The highest BCUT2D eigenvalue weighted by Crippen LogP contribution is 2.37. The van der Waals surface area contributed by atoms with E-state index in [2.05, 4.69) is 28.3 Å². The summed E-state index contributed by atoms with van der Waals surface area (Å²) in [6, 6.07) is 4.11. The van der Waals surface area contributed by atoms with Crippen LogP contribution in [-0.4, -0.2) is 49.3 Å². The number of hydrogen-bond acceptors (Lipinski definition) is 6. The number of aryl methyl sites for hydroxylation is 1. The van der Waals surface area contributed by atoms with Gasteiger partial charge in [0.05, 0.1) is 10.4 Å². The average Bonchev–Trinajstić information content (AvgIpc) is 3.18. The Morgan fingerprint density at radius 2 is 2.03 bits per heavy atom. The summed E-state index contributed by atoms with van der Waals surface area (Å²) in [4.78, 5) is 35.0. The summed E-state index contributed by atoms with van der Waals surface area (Å²) in [5.41, 5.74) is 1.17. The van der Waals surface area contributed by atoms with E-state index in [9.17, 15) is 14.7 Å². The van der Waals surface area contributed by atoms with Gasteiger partial charge in [-0.1, -0.05) is 36.1 Å². The van der Waals surface area contributed by atoms with Crippen LogP contribution in [0.3, 0.4) is 0 Å². The van der Waals surface area contributed by atoms with E-state index in [1.807, 2.05) is 17.2 Å². The van der Waals surface area contributed by atoms with Crippen molar-refractivity contribution in [3.63, 3.8) is 0 Å². The molecule has 1 aliphatic carbocycles. The number of carbonyl (C=O) groups excluding carboxylic acids is 1. The maximum atomic E-state index is 13.2. The van der Waals surface area contributed by atoms with Crippen LogP contribution in [0.4, 0.5) is 9.93 Å². The first-order valence-electron chi connectivity index (χ1n) is 11.1. The molecule has 0 spiro atoms. The molecule has 174 valence electrons. The molecule has 1 aliphatic rings. The van der Waals surface area contributed by atoms with Crippen molar-refractivity contribution in [2.75, 3.05) is 11.9 Å². The Morgan fingerprint density at radius 3 is 2.69 bits per heavy atom. The lowest BCUT2D eigenvalue weighted by Gasteiger charge is -2.36. The highest BCUT2D eigenvalue weighted by Gasteiger charge is 2.30. The van der Waals surface area contributed by atoms with Crippen LogP contribution < -0.4 is 5.32 Å². The lowest BCUT2D eigenvalue weighted by molar-refractivity contribution is -0.138. The van der Waals surface area contributed by atoms with E-state index >= 15 is 0 Å². The maximum absolute atomic E-state index is 13.2. The Bertz CT molecular complexity index is 896. The zero-order chi connectivity index (χ0) is 23.1. The Kier molecular flexibility index (Phi) is 8.53. The molecule has 3 rings (SSSR count). The molecule has 7 nitrogen and oxygen atoms in total. The monoisotopic (exact) mass is 476 g/mol. The van der Waals surface area contributed by atoms with Gasteiger partial charge in [-0.05, 0) is 69.9 Å². The maximum Gasteiger partial charge on any atom is 0.323 e. The summed E-state index contributed by atoms with van der Waals surface area (Å²) in [7, 11) is 0. The van der Waals surface area contributed by atoms with E-state index in [1.165, 1.54) is 28.7 Å². The molecule has 0 unspecified atom stereocenters. The fourth-order valence-electron chi connectivity index (χ4n) is 3.83. The van der Waals surface area contributed by atoms with Crippen LogP contribution in [0.2, 0.25) is 0 Å². The number of nitrogens with zero attached hydrogens (tertiary/aromatic N) is 3. The second-order valence-corrected chi connectivity index (χ2v) is 11.9. The summed E-state index contributed by atoms with van der Waals surface area (Å²) in [6.07, 6.45) is 11.3. The lowest BCUT2D eigenvalue weighted by atomic mass is 9.86. The molecule has 2 aromatic rings. The first-order valence-corrected chi connectivity index (χ1v) is 12.7. The van der Waals surface area contributed by atoms with Crippen molar-refractivity contribution in [1.82, 2.24) is 14.9 Å². The Morgan fingerprint density at radius 1 is 1.28 bits per heavy atom. The van der Waals surface area contributed by atoms with Crippen LogP contribution in [0.1, 0.15) is 58.4 Å². The van der Waals surface area contributed by atoms with Gasteiger partial charge < -0.3 is 10.0 Å². The Labute approximate surface area is 198 Å². The lowest BCUT2D eigenvalue weighted by Crippen LogP contribution is -2.45. The first kappa shape index (κ1) is 24.5. The first-order chi connectivity index (χ1) is 15.2. The minimum Gasteiger partial charge on any atom is -0.480 e. The molecular weight excluding hydrogens is 444 g/mol. The number of carboxylic acid groups (broad SMARTS) is 1.